The summed E-state index contributed by atoms with van der Waals surface area (Å²) in [6, 6.07) is 12.5. The molecule has 0 saturated carbocycles. The Morgan fingerprint density at radius 1 is 1.25 bits per heavy atom. The standard InChI is InChI=1S/C19H21NO2S2/c1-12-11-15(20-22-18(21)19(2,3)23-4)17-14-8-6-5-7-13(14)9-10-16(17)24-12/h5-12,20H,1-4H3. The van der Waals surface area contributed by atoms with Crippen molar-refractivity contribution in [3.8, 4) is 0 Å². The number of hydrogen-bond donors (Lipinski definition) is 1. The Hall–Kier alpha value is -1.59. The number of hydroxylamine groups is 1. The summed E-state index contributed by atoms with van der Waals surface area (Å²) >= 11 is 3.29. The highest BCUT2D eigenvalue weighted by Crippen LogP contribution is 2.40. The van der Waals surface area contributed by atoms with Gasteiger partial charge in [-0.3, -0.25) is 0 Å². The monoisotopic (exact) mass is 359 g/mol. The van der Waals surface area contributed by atoms with Crippen molar-refractivity contribution >= 4 is 46.0 Å². The van der Waals surface area contributed by atoms with Gasteiger partial charge in [0.25, 0.3) is 0 Å². The second-order valence-electron chi connectivity index (χ2n) is 6.27. The van der Waals surface area contributed by atoms with Gasteiger partial charge in [-0.05, 0) is 49.9 Å². The van der Waals surface area contributed by atoms with E-state index >= 15 is 0 Å². The molecule has 0 aromatic heterocycles. The zero-order valence-electron chi connectivity index (χ0n) is 14.3. The van der Waals surface area contributed by atoms with Gasteiger partial charge in [0.15, 0.2) is 0 Å². The van der Waals surface area contributed by atoms with Gasteiger partial charge >= 0.3 is 5.97 Å². The van der Waals surface area contributed by atoms with Crippen LogP contribution in [0.3, 0.4) is 0 Å². The summed E-state index contributed by atoms with van der Waals surface area (Å²) in [5.74, 6) is -0.274. The second-order valence-corrected chi connectivity index (χ2v) is 9.12. The van der Waals surface area contributed by atoms with E-state index in [0.29, 0.717) is 5.25 Å². The van der Waals surface area contributed by atoms with Crippen LogP contribution in [0, 0.1) is 0 Å². The SMILES string of the molecule is CSC(C)(C)C(=O)ONC1=CC(C)Sc2ccc3ccccc3c21. The van der Waals surface area contributed by atoms with Crippen LogP contribution in [0.5, 0.6) is 0 Å². The zero-order chi connectivity index (χ0) is 17.3. The van der Waals surface area contributed by atoms with Crippen molar-refractivity contribution in [2.75, 3.05) is 6.26 Å². The Kier molecular flexibility index (Phi) is 4.83. The van der Waals surface area contributed by atoms with Gasteiger partial charge in [-0.15, -0.1) is 23.5 Å². The molecule has 5 heteroatoms. The minimum atomic E-state index is -0.579. The number of carbonyl (C=O) groups is 1. The lowest BCUT2D eigenvalue weighted by Crippen LogP contribution is -2.34. The number of benzene rings is 2. The first-order chi connectivity index (χ1) is 11.4. The smallest absolute Gasteiger partial charge is 0.342 e. The third-order valence-corrected chi connectivity index (χ3v) is 6.42. The van der Waals surface area contributed by atoms with Gasteiger partial charge < -0.3 is 4.84 Å². The van der Waals surface area contributed by atoms with Gasteiger partial charge in [-0.1, -0.05) is 30.3 Å². The Morgan fingerprint density at radius 3 is 2.75 bits per heavy atom. The predicted octanol–water partition coefficient (Wildman–Crippen LogP) is 4.86. The summed E-state index contributed by atoms with van der Waals surface area (Å²) < 4.78 is -0.579. The average molecular weight is 360 g/mol. The van der Waals surface area contributed by atoms with Crippen molar-refractivity contribution in [1.29, 1.82) is 0 Å². The van der Waals surface area contributed by atoms with Crippen molar-refractivity contribution < 1.29 is 9.63 Å². The first kappa shape index (κ1) is 17.2. The van der Waals surface area contributed by atoms with Crippen molar-refractivity contribution in [3.63, 3.8) is 0 Å². The fourth-order valence-corrected chi connectivity index (χ4v) is 3.87. The zero-order valence-corrected chi connectivity index (χ0v) is 15.9. The average Bonchev–Trinajstić information content (AvgIpc) is 2.58. The molecule has 0 amide bonds. The highest BCUT2D eigenvalue weighted by Gasteiger charge is 2.29. The molecule has 1 aliphatic rings. The largest absolute Gasteiger partial charge is 0.347 e. The van der Waals surface area contributed by atoms with Crippen molar-refractivity contribution in [3.05, 3.63) is 48.0 Å². The van der Waals surface area contributed by atoms with Gasteiger partial charge in [0.2, 0.25) is 0 Å². The van der Waals surface area contributed by atoms with Crippen molar-refractivity contribution in [2.24, 2.45) is 0 Å². The van der Waals surface area contributed by atoms with Crippen LogP contribution in [-0.4, -0.2) is 22.2 Å². The van der Waals surface area contributed by atoms with Gasteiger partial charge in [0, 0.05) is 15.7 Å². The van der Waals surface area contributed by atoms with E-state index in [1.165, 1.54) is 22.0 Å². The van der Waals surface area contributed by atoms with Crippen LogP contribution in [0.25, 0.3) is 16.5 Å². The third kappa shape index (κ3) is 3.28. The Morgan fingerprint density at radius 2 is 2.00 bits per heavy atom. The molecule has 1 N–H and O–H groups in total. The number of thioether (sulfide) groups is 2. The first-order valence-corrected chi connectivity index (χ1v) is 9.96. The minimum Gasteiger partial charge on any atom is -0.342 e. The fraction of sp³-hybridized carbons (Fsp3) is 0.316. The normalized spacial score (nSPS) is 17.2. The van der Waals surface area contributed by atoms with Gasteiger partial charge in [-0.2, -0.15) is 0 Å². The van der Waals surface area contributed by atoms with Crippen molar-refractivity contribution in [2.45, 2.75) is 35.7 Å². The summed E-state index contributed by atoms with van der Waals surface area (Å²) in [7, 11) is 0. The lowest BCUT2D eigenvalue weighted by molar-refractivity contribution is -0.150. The molecule has 0 saturated heterocycles. The van der Waals surface area contributed by atoms with Crippen LogP contribution < -0.4 is 5.48 Å². The van der Waals surface area contributed by atoms with E-state index < -0.39 is 4.75 Å². The molecule has 1 heterocycles. The molecule has 3 nitrogen and oxygen atoms in total. The minimum absolute atomic E-state index is 0.274. The molecule has 1 unspecified atom stereocenters. The van der Waals surface area contributed by atoms with E-state index in [-0.39, 0.29) is 5.97 Å². The number of fused-ring (bicyclic) bond motifs is 3. The van der Waals surface area contributed by atoms with E-state index in [0.717, 1.165) is 16.6 Å². The van der Waals surface area contributed by atoms with Crippen LogP contribution in [0.4, 0.5) is 0 Å². The third-order valence-electron chi connectivity index (χ3n) is 4.13. The molecule has 0 spiro atoms. The van der Waals surface area contributed by atoms with E-state index in [1.54, 1.807) is 0 Å². The Bertz CT molecular complexity index is 814. The molecule has 3 rings (SSSR count). The molecule has 24 heavy (non-hydrogen) atoms. The van der Waals surface area contributed by atoms with Gasteiger partial charge in [0.1, 0.15) is 4.75 Å². The van der Waals surface area contributed by atoms with E-state index in [9.17, 15) is 4.79 Å². The predicted molar refractivity (Wildman–Crippen MR) is 104 cm³/mol. The molecular formula is C19H21NO2S2. The fourth-order valence-electron chi connectivity index (χ4n) is 2.57. The molecule has 0 aliphatic carbocycles. The van der Waals surface area contributed by atoms with Crippen molar-refractivity contribution in [1.82, 2.24) is 5.48 Å². The number of carbonyl (C=O) groups excluding carboxylic acids is 1. The summed E-state index contributed by atoms with van der Waals surface area (Å²) in [5, 5.41) is 2.65. The number of hydrogen-bond acceptors (Lipinski definition) is 5. The molecule has 0 bridgehead atoms. The maximum absolute atomic E-state index is 12.3. The van der Waals surface area contributed by atoms with Crippen LogP contribution in [-0.2, 0) is 9.63 Å². The van der Waals surface area contributed by atoms with E-state index in [4.69, 9.17) is 4.84 Å². The molecule has 1 aliphatic heterocycles. The molecule has 2 aromatic carbocycles. The number of nitrogens with one attached hydrogen (secondary N) is 1. The van der Waals surface area contributed by atoms with E-state index in [1.807, 2.05) is 44.0 Å². The molecule has 1 atom stereocenters. The van der Waals surface area contributed by atoms with Crippen LogP contribution >= 0.6 is 23.5 Å². The maximum Gasteiger partial charge on any atom is 0.347 e. The topological polar surface area (TPSA) is 38.3 Å². The summed E-state index contributed by atoms with van der Waals surface area (Å²) in [5.41, 5.74) is 4.89. The quantitative estimate of drug-likeness (QED) is 0.789. The Balaban J connectivity index is 1.95. The molecular weight excluding hydrogens is 338 g/mol. The van der Waals surface area contributed by atoms with Gasteiger partial charge in [0.05, 0.1) is 5.70 Å². The molecule has 2 aromatic rings. The second kappa shape index (κ2) is 6.73. The summed E-state index contributed by atoms with van der Waals surface area (Å²) in [6.45, 7) is 5.86. The summed E-state index contributed by atoms with van der Waals surface area (Å²) in [6.07, 6.45) is 4.02. The Labute approximate surface area is 151 Å². The maximum atomic E-state index is 12.3. The van der Waals surface area contributed by atoms with Crippen LogP contribution in [0.15, 0.2) is 47.4 Å². The molecule has 0 radical (unpaired) electrons. The highest BCUT2D eigenvalue weighted by atomic mass is 32.2. The highest BCUT2D eigenvalue weighted by molar-refractivity contribution is 8.00. The molecule has 0 fully saturated rings. The van der Waals surface area contributed by atoms with E-state index in [2.05, 4.69) is 42.7 Å². The summed E-state index contributed by atoms with van der Waals surface area (Å²) in [4.78, 5) is 18.9. The molecule has 126 valence electrons. The first-order valence-electron chi connectivity index (χ1n) is 7.85. The van der Waals surface area contributed by atoms with Gasteiger partial charge in [-0.25, -0.2) is 10.3 Å². The van der Waals surface area contributed by atoms with Crippen LogP contribution in [0.1, 0.15) is 26.3 Å². The number of rotatable bonds is 4. The lowest BCUT2D eigenvalue weighted by Gasteiger charge is -2.25. The van der Waals surface area contributed by atoms with Crippen LogP contribution in [0.2, 0.25) is 0 Å². The lowest BCUT2D eigenvalue weighted by atomic mass is 10.0.